The molecule has 0 radical (unpaired) electrons. The Kier molecular flexibility index (Phi) is 9.27. The van der Waals surface area contributed by atoms with Gasteiger partial charge in [0.2, 0.25) is 11.8 Å². The van der Waals surface area contributed by atoms with Crippen molar-refractivity contribution in [2.24, 2.45) is 0 Å². The summed E-state index contributed by atoms with van der Waals surface area (Å²) in [6, 6.07) is 16.3. The molecule has 1 saturated heterocycles. The van der Waals surface area contributed by atoms with Gasteiger partial charge in [0.05, 0.1) is 7.11 Å². The third-order valence-electron chi connectivity index (χ3n) is 6.92. The Morgan fingerprint density at radius 3 is 2.27 bits per heavy atom. The first kappa shape index (κ1) is 28.5. The number of nitrogens with zero attached hydrogens (tertiary/aromatic N) is 1. The lowest BCUT2D eigenvalue weighted by molar-refractivity contribution is -0.127. The van der Waals surface area contributed by atoms with Crippen LogP contribution in [0.3, 0.4) is 0 Å². The van der Waals surface area contributed by atoms with Gasteiger partial charge in [-0.3, -0.25) is 14.4 Å². The van der Waals surface area contributed by atoms with Crippen molar-refractivity contribution in [2.75, 3.05) is 25.5 Å². The minimum Gasteiger partial charge on any atom is -0.497 e. The second-order valence-electron chi connectivity index (χ2n) is 9.63. The average Bonchev–Trinajstić information content (AvgIpc) is 2.97. The zero-order valence-corrected chi connectivity index (χ0v) is 22.3. The van der Waals surface area contributed by atoms with Crippen LogP contribution in [0.25, 0.3) is 6.08 Å². The summed E-state index contributed by atoms with van der Waals surface area (Å²) >= 11 is 0. The first-order chi connectivity index (χ1) is 19.2. The smallest absolute Gasteiger partial charge is 0.251 e. The SMILES string of the molecule is COc1ccc(/C=C/C(=O)N2CCC(c3ccc(NC(=O)C(C)NC(=O)c4ccc(F)cc4)cc3)CC2)c(F)c1. The van der Waals surface area contributed by atoms with Crippen LogP contribution in [0.4, 0.5) is 14.5 Å². The van der Waals surface area contributed by atoms with E-state index >= 15 is 0 Å². The fourth-order valence-corrected chi connectivity index (χ4v) is 4.51. The second kappa shape index (κ2) is 13.0. The molecule has 0 bridgehead atoms. The normalized spacial score (nSPS) is 14.6. The van der Waals surface area contributed by atoms with Gasteiger partial charge in [-0.25, -0.2) is 8.78 Å². The fraction of sp³-hybridized carbons (Fsp3) is 0.258. The van der Waals surface area contributed by atoms with E-state index in [1.165, 1.54) is 49.6 Å². The van der Waals surface area contributed by atoms with Crippen molar-refractivity contribution < 1.29 is 27.9 Å². The van der Waals surface area contributed by atoms with E-state index in [4.69, 9.17) is 4.74 Å². The van der Waals surface area contributed by atoms with Crippen LogP contribution >= 0.6 is 0 Å². The summed E-state index contributed by atoms with van der Waals surface area (Å²) in [6.45, 7) is 2.74. The molecule has 9 heteroatoms. The summed E-state index contributed by atoms with van der Waals surface area (Å²) in [5.74, 6) is -1.21. The van der Waals surface area contributed by atoms with Crippen molar-refractivity contribution in [3.63, 3.8) is 0 Å². The minimum atomic E-state index is -0.797. The number of nitrogens with one attached hydrogen (secondary N) is 2. The average molecular weight is 548 g/mol. The number of likely N-dealkylation sites (tertiary alicyclic amines) is 1. The maximum Gasteiger partial charge on any atom is 0.251 e. The summed E-state index contributed by atoms with van der Waals surface area (Å²) in [6.07, 6.45) is 4.44. The van der Waals surface area contributed by atoms with Gasteiger partial charge in [0, 0.05) is 42.0 Å². The number of hydrogen-bond acceptors (Lipinski definition) is 4. The maximum absolute atomic E-state index is 14.1. The van der Waals surface area contributed by atoms with E-state index in [1.807, 2.05) is 24.3 Å². The molecule has 0 aliphatic carbocycles. The number of amides is 3. The van der Waals surface area contributed by atoms with Crippen molar-refractivity contribution in [1.82, 2.24) is 10.2 Å². The van der Waals surface area contributed by atoms with Crippen molar-refractivity contribution >= 4 is 29.5 Å². The molecule has 7 nitrogen and oxygen atoms in total. The molecular weight excluding hydrogens is 516 g/mol. The maximum atomic E-state index is 14.1. The lowest BCUT2D eigenvalue weighted by Crippen LogP contribution is -2.41. The summed E-state index contributed by atoms with van der Waals surface area (Å²) in [5, 5.41) is 5.39. The molecule has 1 heterocycles. The molecule has 1 unspecified atom stereocenters. The Morgan fingerprint density at radius 1 is 0.975 bits per heavy atom. The largest absolute Gasteiger partial charge is 0.497 e. The first-order valence-corrected chi connectivity index (χ1v) is 13.0. The highest BCUT2D eigenvalue weighted by molar-refractivity contribution is 6.01. The molecule has 0 aromatic heterocycles. The Labute approximate surface area is 231 Å². The van der Waals surface area contributed by atoms with Crippen molar-refractivity contribution in [3.8, 4) is 5.75 Å². The van der Waals surface area contributed by atoms with E-state index in [-0.39, 0.29) is 23.3 Å². The highest BCUT2D eigenvalue weighted by atomic mass is 19.1. The van der Waals surface area contributed by atoms with Gasteiger partial charge in [0.25, 0.3) is 5.91 Å². The molecule has 2 N–H and O–H groups in total. The summed E-state index contributed by atoms with van der Waals surface area (Å²) < 4.78 is 32.2. The Morgan fingerprint density at radius 2 is 1.65 bits per heavy atom. The van der Waals surface area contributed by atoms with Gasteiger partial charge in [-0.1, -0.05) is 12.1 Å². The van der Waals surface area contributed by atoms with E-state index in [1.54, 1.807) is 24.0 Å². The standard InChI is InChI=1S/C31H31F2N3O4/c1-20(34-31(39)24-3-9-25(32)10-4-24)30(38)35-26-11-5-21(6-12-26)22-15-17-36(18-16-22)29(37)14-8-23-7-13-27(40-2)19-28(23)33/h3-14,19-20,22H,15-18H2,1-2H3,(H,34,39)(H,35,38)/b14-8+. The van der Waals surface area contributed by atoms with E-state index in [0.717, 1.165) is 18.4 Å². The van der Waals surface area contributed by atoms with Gasteiger partial charge in [0.15, 0.2) is 0 Å². The Balaban J connectivity index is 1.25. The molecule has 1 atom stereocenters. The highest BCUT2D eigenvalue weighted by Crippen LogP contribution is 2.29. The van der Waals surface area contributed by atoms with Crippen LogP contribution in [0, 0.1) is 11.6 Å². The van der Waals surface area contributed by atoms with Crippen LogP contribution in [-0.4, -0.2) is 48.9 Å². The number of carbonyl (C=O) groups is 3. The predicted octanol–water partition coefficient (Wildman–Crippen LogP) is 5.15. The van der Waals surface area contributed by atoms with Gasteiger partial charge in [-0.05, 0) is 85.9 Å². The van der Waals surface area contributed by atoms with Gasteiger partial charge in [-0.2, -0.15) is 0 Å². The molecule has 1 fully saturated rings. The number of piperidine rings is 1. The number of benzene rings is 3. The molecule has 3 aromatic carbocycles. The quantitative estimate of drug-likeness (QED) is 0.382. The number of carbonyl (C=O) groups excluding carboxylic acids is 3. The number of ether oxygens (including phenoxy) is 1. The zero-order chi connectivity index (χ0) is 28.6. The molecule has 3 amide bonds. The van der Waals surface area contributed by atoms with Crippen LogP contribution in [0.2, 0.25) is 0 Å². The van der Waals surface area contributed by atoms with Crippen LogP contribution in [0.1, 0.15) is 47.2 Å². The third-order valence-corrected chi connectivity index (χ3v) is 6.92. The van der Waals surface area contributed by atoms with Crippen LogP contribution in [-0.2, 0) is 9.59 Å². The van der Waals surface area contributed by atoms with Gasteiger partial charge >= 0.3 is 0 Å². The van der Waals surface area contributed by atoms with Gasteiger partial charge < -0.3 is 20.3 Å². The Bertz CT molecular complexity index is 1380. The van der Waals surface area contributed by atoms with E-state index in [0.29, 0.717) is 30.1 Å². The van der Waals surface area contributed by atoms with E-state index < -0.39 is 23.6 Å². The minimum absolute atomic E-state index is 0.160. The molecule has 0 saturated carbocycles. The van der Waals surface area contributed by atoms with Crippen molar-refractivity contribution in [1.29, 1.82) is 0 Å². The lowest BCUT2D eigenvalue weighted by atomic mass is 9.89. The third kappa shape index (κ3) is 7.31. The molecule has 0 spiro atoms. The topological polar surface area (TPSA) is 87.7 Å². The van der Waals surface area contributed by atoms with Gasteiger partial charge in [-0.15, -0.1) is 0 Å². The highest BCUT2D eigenvalue weighted by Gasteiger charge is 2.23. The monoisotopic (exact) mass is 547 g/mol. The van der Waals surface area contributed by atoms with Crippen LogP contribution < -0.4 is 15.4 Å². The molecule has 1 aliphatic heterocycles. The fourth-order valence-electron chi connectivity index (χ4n) is 4.51. The summed E-state index contributed by atoms with van der Waals surface area (Å²) in [7, 11) is 1.47. The van der Waals surface area contributed by atoms with E-state index in [2.05, 4.69) is 10.6 Å². The van der Waals surface area contributed by atoms with Crippen LogP contribution in [0.5, 0.6) is 5.75 Å². The van der Waals surface area contributed by atoms with Crippen molar-refractivity contribution in [3.05, 3.63) is 101 Å². The second-order valence-corrected chi connectivity index (χ2v) is 9.63. The molecular formula is C31H31F2N3O4. The number of methoxy groups -OCH3 is 1. The summed E-state index contributed by atoms with van der Waals surface area (Å²) in [5.41, 5.74) is 2.29. The number of halogens is 2. The molecule has 4 rings (SSSR count). The molecule has 208 valence electrons. The molecule has 40 heavy (non-hydrogen) atoms. The van der Waals surface area contributed by atoms with Crippen molar-refractivity contribution in [2.45, 2.75) is 31.7 Å². The first-order valence-electron chi connectivity index (χ1n) is 13.0. The number of hydrogen-bond donors (Lipinski definition) is 2. The molecule has 1 aliphatic rings. The molecule has 3 aromatic rings. The van der Waals surface area contributed by atoms with Crippen LogP contribution in [0.15, 0.2) is 72.8 Å². The number of rotatable bonds is 8. The predicted molar refractivity (Wildman–Crippen MR) is 149 cm³/mol. The summed E-state index contributed by atoms with van der Waals surface area (Å²) in [4.78, 5) is 39.2. The van der Waals surface area contributed by atoms with Gasteiger partial charge in [0.1, 0.15) is 23.4 Å². The lowest BCUT2D eigenvalue weighted by Gasteiger charge is -2.31. The zero-order valence-electron chi connectivity index (χ0n) is 22.3. The van der Waals surface area contributed by atoms with E-state index in [9.17, 15) is 23.2 Å². The Hall–Kier alpha value is -4.53. The number of anilines is 1.